The fraction of sp³-hybridized carbons (Fsp3) is 1.00. The lowest BCUT2D eigenvalue weighted by molar-refractivity contribution is -0.155. The summed E-state index contributed by atoms with van der Waals surface area (Å²) in [5, 5.41) is 37.4. The number of aliphatic hydroxyl groups is 4. The largest absolute Gasteiger partial charge is 0.390 e. The van der Waals surface area contributed by atoms with Gasteiger partial charge in [0.05, 0.1) is 17.8 Å². The van der Waals surface area contributed by atoms with E-state index in [1.807, 2.05) is 0 Å². The molecule has 1 rings (SSSR count). The van der Waals surface area contributed by atoms with Crippen molar-refractivity contribution in [3.8, 4) is 0 Å². The molecule has 4 N–H and O–H groups in total. The van der Waals surface area contributed by atoms with Crippen LogP contribution in [0.5, 0.6) is 0 Å². The third-order valence-electron chi connectivity index (χ3n) is 2.62. The summed E-state index contributed by atoms with van der Waals surface area (Å²) >= 11 is 0. The number of aliphatic hydroxyl groups excluding tert-OH is 3. The Labute approximate surface area is 71.5 Å². The van der Waals surface area contributed by atoms with Gasteiger partial charge in [-0.25, -0.2) is 0 Å². The Balaban J connectivity index is 2.65. The molecule has 1 fully saturated rings. The molecule has 4 heteroatoms. The predicted octanol–water partition coefficient (Wildman–Crippen LogP) is -0.996. The molecule has 1 aliphatic rings. The zero-order valence-electron chi connectivity index (χ0n) is 7.14. The topological polar surface area (TPSA) is 80.9 Å². The van der Waals surface area contributed by atoms with Crippen LogP contribution in [-0.2, 0) is 0 Å². The van der Waals surface area contributed by atoms with E-state index < -0.39 is 23.9 Å². The summed E-state index contributed by atoms with van der Waals surface area (Å²) in [7, 11) is 0. The molecule has 0 aliphatic heterocycles. The van der Waals surface area contributed by atoms with Crippen molar-refractivity contribution in [2.24, 2.45) is 0 Å². The summed E-state index contributed by atoms with van der Waals surface area (Å²) in [5.74, 6) is 0. The Morgan fingerprint density at radius 1 is 1.17 bits per heavy atom. The molecule has 72 valence electrons. The molecule has 2 atom stereocenters. The summed E-state index contributed by atoms with van der Waals surface area (Å²) in [6.45, 7) is 1.79. The average Bonchev–Trinajstić information content (AvgIpc) is 2.00. The summed E-state index contributed by atoms with van der Waals surface area (Å²) < 4.78 is 0. The summed E-state index contributed by atoms with van der Waals surface area (Å²) in [4.78, 5) is 0. The maximum atomic E-state index is 9.71. The van der Waals surface area contributed by atoms with Gasteiger partial charge in [0.2, 0.25) is 0 Å². The van der Waals surface area contributed by atoms with E-state index in [0.717, 1.165) is 0 Å². The van der Waals surface area contributed by atoms with E-state index in [0.29, 0.717) is 6.42 Å². The van der Waals surface area contributed by atoms with Crippen molar-refractivity contribution in [2.45, 2.75) is 50.1 Å². The molecule has 0 aromatic rings. The van der Waals surface area contributed by atoms with Gasteiger partial charge in [0.25, 0.3) is 0 Å². The Hall–Kier alpha value is -0.160. The molecule has 12 heavy (non-hydrogen) atoms. The van der Waals surface area contributed by atoms with E-state index in [-0.39, 0.29) is 12.8 Å². The fourth-order valence-corrected chi connectivity index (χ4v) is 1.65. The van der Waals surface area contributed by atoms with E-state index in [4.69, 9.17) is 5.11 Å². The third-order valence-corrected chi connectivity index (χ3v) is 2.62. The number of rotatable bonds is 1. The van der Waals surface area contributed by atoms with Crippen LogP contribution >= 0.6 is 0 Å². The molecule has 1 aliphatic carbocycles. The highest BCUT2D eigenvalue weighted by molar-refractivity contribution is 4.94. The predicted molar refractivity (Wildman–Crippen MR) is 42.5 cm³/mol. The van der Waals surface area contributed by atoms with Gasteiger partial charge in [0, 0.05) is 12.8 Å². The second kappa shape index (κ2) is 3.30. The van der Waals surface area contributed by atoms with E-state index in [1.165, 1.54) is 0 Å². The highest BCUT2D eigenvalue weighted by Gasteiger charge is 2.42. The third kappa shape index (κ3) is 1.77. The lowest BCUT2D eigenvalue weighted by atomic mass is 9.78. The lowest BCUT2D eigenvalue weighted by Gasteiger charge is -2.39. The zero-order valence-corrected chi connectivity index (χ0v) is 7.14. The second-order valence-corrected chi connectivity index (χ2v) is 3.61. The standard InChI is InChI=1S/C8H16O4/c1-2-8(12)3-5(9)7(11)6(10)4-8/h5-7,9-12H,2-4H2,1H3/t5-,6-,7?,8?/m1/s1. The van der Waals surface area contributed by atoms with Gasteiger partial charge in [-0.05, 0) is 6.42 Å². The molecule has 0 radical (unpaired) electrons. The number of hydrogen-bond acceptors (Lipinski definition) is 4. The molecule has 0 unspecified atom stereocenters. The van der Waals surface area contributed by atoms with Crippen molar-refractivity contribution in [3.05, 3.63) is 0 Å². The van der Waals surface area contributed by atoms with Gasteiger partial charge < -0.3 is 20.4 Å². The van der Waals surface area contributed by atoms with Crippen molar-refractivity contribution < 1.29 is 20.4 Å². The molecule has 0 spiro atoms. The first-order valence-corrected chi connectivity index (χ1v) is 4.25. The van der Waals surface area contributed by atoms with Crippen molar-refractivity contribution in [1.82, 2.24) is 0 Å². The molecular weight excluding hydrogens is 160 g/mol. The van der Waals surface area contributed by atoms with E-state index in [2.05, 4.69) is 0 Å². The van der Waals surface area contributed by atoms with E-state index >= 15 is 0 Å². The molecule has 0 saturated heterocycles. The van der Waals surface area contributed by atoms with Crippen LogP contribution in [0.15, 0.2) is 0 Å². The van der Waals surface area contributed by atoms with Gasteiger partial charge in [-0.3, -0.25) is 0 Å². The minimum Gasteiger partial charge on any atom is -0.390 e. The minimum atomic E-state index is -1.11. The van der Waals surface area contributed by atoms with Crippen molar-refractivity contribution in [2.75, 3.05) is 0 Å². The molecule has 4 nitrogen and oxygen atoms in total. The van der Waals surface area contributed by atoms with Gasteiger partial charge in [0.1, 0.15) is 6.10 Å². The normalized spacial score (nSPS) is 49.2. The zero-order chi connectivity index (χ0) is 9.35. The van der Waals surface area contributed by atoms with E-state index in [9.17, 15) is 15.3 Å². The van der Waals surface area contributed by atoms with Gasteiger partial charge in [0.15, 0.2) is 0 Å². The SMILES string of the molecule is CCC1(O)C[C@@H](O)C(O)[C@H](O)C1. The maximum absolute atomic E-state index is 9.71. The molecule has 0 heterocycles. The van der Waals surface area contributed by atoms with Gasteiger partial charge >= 0.3 is 0 Å². The smallest absolute Gasteiger partial charge is 0.106 e. The monoisotopic (exact) mass is 176 g/mol. The van der Waals surface area contributed by atoms with E-state index in [1.54, 1.807) is 6.92 Å². The molecule has 0 aromatic carbocycles. The molecule has 1 saturated carbocycles. The Morgan fingerprint density at radius 3 is 1.92 bits per heavy atom. The van der Waals surface area contributed by atoms with Crippen molar-refractivity contribution in [1.29, 1.82) is 0 Å². The van der Waals surface area contributed by atoms with Crippen LogP contribution in [0.4, 0.5) is 0 Å². The summed E-state index contributed by atoms with van der Waals surface area (Å²) in [6, 6.07) is 0. The number of hydrogen-bond donors (Lipinski definition) is 4. The van der Waals surface area contributed by atoms with Crippen LogP contribution in [0.3, 0.4) is 0 Å². The fourth-order valence-electron chi connectivity index (χ4n) is 1.65. The second-order valence-electron chi connectivity index (χ2n) is 3.61. The van der Waals surface area contributed by atoms with Gasteiger partial charge in [-0.15, -0.1) is 0 Å². The Kier molecular flexibility index (Phi) is 2.73. The van der Waals surface area contributed by atoms with Crippen LogP contribution in [0.1, 0.15) is 26.2 Å². The van der Waals surface area contributed by atoms with Crippen molar-refractivity contribution in [3.63, 3.8) is 0 Å². The van der Waals surface area contributed by atoms with Gasteiger partial charge in [-0.1, -0.05) is 6.92 Å². The average molecular weight is 176 g/mol. The maximum Gasteiger partial charge on any atom is 0.106 e. The molecule has 0 bridgehead atoms. The lowest BCUT2D eigenvalue weighted by Crippen LogP contribution is -2.52. The summed E-state index contributed by atoms with van der Waals surface area (Å²) in [6.07, 6.45) is -2.38. The Bertz CT molecular complexity index is 147. The first-order chi connectivity index (χ1) is 5.48. The molecular formula is C8H16O4. The van der Waals surface area contributed by atoms with Crippen LogP contribution in [-0.4, -0.2) is 44.3 Å². The van der Waals surface area contributed by atoms with Gasteiger partial charge in [-0.2, -0.15) is 0 Å². The molecule has 0 amide bonds. The highest BCUT2D eigenvalue weighted by atomic mass is 16.4. The van der Waals surface area contributed by atoms with Crippen molar-refractivity contribution >= 4 is 0 Å². The van der Waals surface area contributed by atoms with Crippen LogP contribution in [0.25, 0.3) is 0 Å². The van der Waals surface area contributed by atoms with Crippen LogP contribution in [0.2, 0.25) is 0 Å². The van der Waals surface area contributed by atoms with Crippen LogP contribution in [0, 0.1) is 0 Å². The molecule has 0 aromatic heterocycles. The first-order valence-electron chi connectivity index (χ1n) is 4.25. The summed E-state index contributed by atoms with van der Waals surface area (Å²) in [5.41, 5.74) is -1.02. The first kappa shape index (κ1) is 9.92. The Morgan fingerprint density at radius 2 is 1.58 bits per heavy atom. The minimum absolute atomic E-state index is 0.141. The highest BCUT2D eigenvalue weighted by Crippen LogP contribution is 2.31. The van der Waals surface area contributed by atoms with Crippen LogP contribution < -0.4 is 0 Å². The quantitative estimate of drug-likeness (QED) is 0.413.